The van der Waals surface area contributed by atoms with E-state index in [0.29, 0.717) is 12.5 Å². The van der Waals surface area contributed by atoms with Gasteiger partial charge >= 0.3 is 0 Å². The molecular weight excluding hydrogens is 298 g/mol. The van der Waals surface area contributed by atoms with Crippen molar-refractivity contribution in [2.45, 2.75) is 6.42 Å². The van der Waals surface area contributed by atoms with E-state index in [-0.39, 0.29) is 12.0 Å². The van der Waals surface area contributed by atoms with Crippen molar-refractivity contribution in [3.05, 3.63) is 30.3 Å². The highest BCUT2D eigenvalue weighted by molar-refractivity contribution is 7.18. The van der Waals surface area contributed by atoms with Crippen LogP contribution in [0.3, 0.4) is 0 Å². The monoisotopic (exact) mass is 317 g/mol. The van der Waals surface area contributed by atoms with E-state index in [2.05, 4.69) is 27.2 Å². The van der Waals surface area contributed by atoms with Crippen molar-refractivity contribution < 1.29 is 9.84 Å². The fourth-order valence-electron chi connectivity index (χ4n) is 3.51. The molecule has 0 spiro atoms. The van der Waals surface area contributed by atoms with Gasteiger partial charge in [-0.3, -0.25) is 0 Å². The van der Waals surface area contributed by atoms with Crippen molar-refractivity contribution in [2.24, 2.45) is 11.3 Å². The highest BCUT2D eigenvalue weighted by atomic mass is 32.1. The van der Waals surface area contributed by atoms with E-state index in [9.17, 15) is 5.11 Å². The van der Waals surface area contributed by atoms with Crippen molar-refractivity contribution in [3.63, 3.8) is 0 Å². The number of hydrogen-bond acceptors (Lipinski definition) is 6. The second-order valence-corrected chi connectivity index (χ2v) is 7.15. The maximum atomic E-state index is 9.86. The normalized spacial score (nSPS) is 27.9. The zero-order valence-corrected chi connectivity index (χ0v) is 13.1. The quantitative estimate of drug-likeness (QED) is 0.939. The third-order valence-corrected chi connectivity index (χ3v) is 5.87. The lowest BCUT2D eigenvalue weighted by Gasteiger charge is -2.36. The van der Waals surface area contributed by atoms with Gasteiger partial charge in [-0.25, -0.2) is 0 Å². The molecule has 0 radical (unpaired) electrons. The van der Waals surface area contributed by atoms with Crippen LogP contribution in [0.25, 0.3) is 10.6 Å². The Bertz CT molecular complexity index is 648. The Kier molecular flexibility index (Phi) is 3.60. The molecule has 0 bridgehead atoms. The Hall–Kier alpha value is -1.50. The first-order valence-electron chi connectivity index (χ1n) is 7.63. The van der Waals surface area contributed by atoms with Gasteiger partial charge in [0, 0.05) is 30.7 Å². The molecule has 0 amide bonds. The molecular formula is C16H19N3O2S. The molecule has 2 aliphatic heterocycles. The number of ether oxygens (including phenoxy) is 1. The van der Waals surface area contributed by atoms with Crippen LogP contribution >= 0.6 is 11.3 Å². The van der Waals surface area contributed by atoms with Gasteiger partial charge in [0.25, 0.3) is 0 Å². The molecule has 2 fully saturated rings. The molecule has 5 nitrogen and oxygen atoms in total. The second kappa shape index (κ2) is 5.61. The smallest absolute Gasteiger partial charge is 0.208 e. The molecule has 4 rings (SSSR count). The molecule has 1 N–H and O–H groups in total. The summed E-state index contributed by atoms with van der Waals surface area (Å²) < 4.78 is 5.62. The van der Waals surface area contributed by atoms with E-state index < -0.39 is 0 Å². The lowest BCUT2D eigenvalue weighted by molar-refractivity contribution is -0.0543. The minimum Gasteiger partial charge on any atom is -0.396 e. The van der Waals surface area contributed by atoms with Crippen molar-refractivity contribution in [1.29, 1.82) is 0 Å². The zero-order chi connectivity index (χ0) is 15.0. The minimum absolute atomic E-state index is 0.128. The summed E-state index contributed by atoms with van der Waals surface area (Å²) in [6, 6.07) is 10.1. The Morgan fingerprint density at radius 2 is 2.18 bits per heavy atom. The summed E-state index contributed by atoms with van der Waals surface area (Å²) in [7, 11) is 0. The Morgan fingerprint density at radius 1 is 1.32 bits per heavy atom. The van der Waals surface area contributed by atoms with Crippen LogP contribution in [0.5, 0.6) is 0 Å². The van der Waals surface area contributed by atoms with E-state index in [1.54, 1.807) is 11.3 Å². The summed E-state index contributed by atoms with van der Waals surface area (Å²) in [5.41, 5.74) is 0.972. The van der Waals surface area contributed by atoms with Gasteiger partial charge in [0.15, 0.2) is 0 Å². The van der Waals surface area contributed by atoms with Crippen molar-refractivity contribution in [2.75, 3.05) is 37.8 Å². The summed E-state index contributed by atoms with van der Waals surface area (Å²) in [5, 5.41) is 20.5. The highest BCUT2D eigenvalue weighted by Gasteiger charge is 2.48. The van der Waals surface area contributed by atoms with E-state index in [1.807, 2.05) is 18.2 Å². The predicted octanol–water partition coefficient (Wildman–Crippen LogP) is 2.04. The molecule has 3 heterocycles. The van der Waals surface area contributed by atoms with Gasteiger partial charge in [-0.05, 0) is 12.3 Å². The number of rotatable bonds is 3. The number of aliphatic hydroxyl groups is 1. The standard InChI is InChI=1S/C16H19N3O2S/c20-10-16-9-19(8-13(16)6-7-21-11-16)15-18-17-14(22-15)12-4-2-1-3-5-12/h1-5,13,20H,6-11H2/t13-,16+/m0/s1. The average molecular weight is 317 g/mol. The van der Waals surface area contributed by atoms with E-state index in [4.69, 9.17) is 4.74 Å². The van der Waals surface area contributed by atoms with Gasteiger partial charge in [-0.1, -0.05) is 41.7 Å². The van der Waals surface area contributed by atoms with Gasteiger partial charge in [0.05, 0.1) is 13.2 Å². The largest absolute Gasteiger partial charge is 0.396 e. The van der Waals surface area contributed by atoms with Crippen molar-refractivity contribution in [1.82, 2.24) is 10.2 Å². The van der Waals surface area contributed by atoms with Crippen LogP contribution in [-0.4, -0.2) is 48.2 Å². The number of benzene rings is 1. The van der Waals surface area contributed by atoms with Gasteiger partial charge in [-0.2, -0.15) is 0 Å². The topological polar surface area (TPSA) is 58.5 Å². The fourth-order valence-corrected chi connectivity index (χ4v) is 4.36. The number of fused-ring (bicyclic) bond motifs is 1. The minimum atomic E-state index is -0.128. The predicted molar refractivity (Wildman–Crippen MR) is 86.0 cm³/mol. The molecule has 116 valence electrons. The molecule has 1 aromatic carbocycles. The molecule has 2 atom stereocenters. The van der Waals surface area contributed by atoms with Crippen LogP contribution in [0.4, 0.5) is 5.13 Å². The third-order valence-electron chi connectivity index (χ3n) is 4.83. The number of hydrogen-bond donors (Lipinski definition) is 1. The Labute approximate surface area is 133 Å². The SMILES string of the molecule is OC[C@]12COCC[C@H]1CN(c1nnc(-c3ccccc3)s1)C2. The molecule has 2 saturated heterocycles. The number of aliphatic hydroxyl groups excluding tert-OH is 1. The van der Waals surface area contributed by atoms with Crippen LogP contribution in [0, 0.1) is 11.3 Å². The molecule has 0 unspecified atom stereocenters. The van der Waals surface area contributed by atoms with Crippen LogP contribution in [0.2, 0.25) is 0 Å². The first-order chi connectivity index (χ1) is 10.8. The lowest BCUT2D eigenvalue weighted by atomic mass is 9.76. The Morgan fingerprint density at radius 3 is 2.95 bits per heavy atom. The number of aromatic nitrogens is 2. The molecule has 0 aliphatic carbocycles. The third kappa shape index (κ3) is 2.31. The molecule has 6 heteroatoms. The molecule has 2 aromatic rings. The van der Waals surface area contributed by atoms with Gasteiger partial charge in [-0.15, -0.1) is 10.2 Å². The summed E-state index contributed by atoms with van der Waals surface area (Å²) in [4.78, 5) is 2.26. The summed E-state index contributed by atoms with van der Waals surface area (Å²) in [6.07, 6.45) is 1.02. The number of anilines is 1. The molecule has 22 heavy (non-hydrogen) atoms. The van der Waals surface area contributed by atoms with Crippen molar-refractivity contribution in [3.8, 4) is 10.6 Å². The molecule has 1 aromatic heterocycles. The maximum Gasteiger partial charge on any atom is 0.208 e. The van der Waals surface area contributed by atoms with Crippen LogP contribution in [0.15, 0.2) is 30.3 Å². The maximum absolute atomic E-state index is 9.86. The van der Waals surface area contributed by atoms with Gasteiger partial charge < -0.3 is 14.7 Å². The van der Waals surface area contributed by atoms with Crippen LogP contribution < -0.4 is 4.90 Å². The Balaban J connectivity index is 1.58. The van der Waals surface area contributed by atoms with Crippen LogP contribution in [0.1, 0.15) is 6.42 Å². The summed E-state index contributed by atoms with van der Waals surface area (Å²) >= 11 is 1.62. The first-order valence-corrected chi connectivity index (χ1v) is 8.45. The van der Waals surface area contributed by atoms with Crippen LogP contribution in [-0.2, 0) is 4.74 Å². The second-order valence-electron chi connectivity index (χ2n) is 6.20. The fraction of sp³-hybridized carbons (Fsp3) is 0.500. The van der Waals surface area contributed by atoms with E-state index in [1.165, 1.54) is 0 Å². The van der Waals surface area contributed by atoms with E-state index >= 15 is 0 Å². The molecule has 2 aliphatic rings. The molecule has 0 saturated carbocycles. The zero-order valence-electron chi connectivity index (χ0n) is 12.3. The van der Waals surface area contributed by atoms with Gasteiger partial charge in [0.1, 0.15) is 5.01 Å². The first kappa shape index (κ1) is 14.1. The average Bonchev–Trinajstić information content (AvgIpc) is 3.20. The van der Waals surface area contributed by atoms with Gasteiger partial charge in [0.2, 0.25) is 5.13 Å². The summed E-state index contributed by atoms with van der Waals surface area (Å²) in [5.74, 6) is 0.482. The van der Waals surface area contributed by atoms with E-state index in [0.717, 1.165) is 41.8 Å². The lowest BCUT2D eigenvalue weighted by Crippen LogP contribution is -2.42. The van der Waals surface area contributed by atoms with Crippen molar-refractivity contribution >= 4 is 16.5 Å². The number of nitrogens with zero attached hydrogens (tertiary/aromatic N) is 3. The summed E-state index contributed by atoms with van der Waals surface area (Å²) in [6.45, 7) is 3.37. The highest BCUT2D eigenvalue weighted by Crippen LogP contribution is 2.43.